The van der Waals surface area contributed by atoms with E-state index in [4.69, 9.17) is 17.3 Å². The highest BCUT2D eigenvalue weighted by Gasteiger charge is 2.34. The molecule has 0 spiro atoms. The number of H-pyrrole nitrogens is 1. The molecule has 6 nitrogen and oxygen atoms in total. The Bertz CT molecular complexity index is 623. The summed E-state index contributed by atoms with van der Waals surface area (Å²) in [6.45, 7) is 0.529. The molecule has 3 rings (SSSR count). The van der Waals surface area contributed by atoms with Crippen molar-refractivity contribution in [2.24, 2.45) is 0 Å². The average Bonchev–Trinajstić information content (AvgIpc) is 3.25. The van der Waals surface area contributed by atoms with Crippen LogP contribution in [-0.2, 0) is 6.54 Å². The van der Waals surface area contributed by atoms with Crippen molar-refractivity contribution in [3.8, 4) is 0 Å². The van der Waals surface area contributed by atoms with Gasteiger partial charge in [-0.25, -0.2) is 0 Å². The number of nitrogens with one attached hydrogen (secondary N) is 1. The third-order valence-corrected chi connectivity index (χ3v) is 3.68. The fourth-order valence-corrected chi connectivity index (χ4v) is 2.23. The second-order valence-corrected chi connectivity index (χ2v) is 5.20. The van der Waals surface area contributed by atoms with Crippen LogP contribution in [0.2, 0.25) is 5.02 Å². The molecule has 0 aromatic carbocycles. The minimum atomic E-state index is -0.168. The summed E-state index contributed by atoms with van der Waals surface area (Å²) < 4.78 is 0. The first-order valence-electron chi connectivity index (χ1n) is 6.36. The van der Waals surface area contributed by atoms with E-state index in [1.54, 1.807) is 17.3 Å². The van der Waals surface area contributed by atoms with E-state index in [9.17, 15) is 4.79 Å². The van der Waals surface area contributed by atoms with Crippen LogP contribution in [0.15, 0.2) is 24.5 Å². The Balaban J connectivity index is 1.84. The molecule has 1 amide bonds. The third-order valence-electron chi connectivity index (χ3n) is 3.30. The smallest absolute Gasteiger partial charge is 0.274 e. The van der Waals surface area contributed by atoms with E-state index in [1.807, 2.05) is 12.1 Å². The van der Waals surface area contributed by atoms with Crippen molar-refractivity contribution in [1.29, 1.82) is 0 Å². The number of rotatable bonds is 4. The van der Waals surface area contributed by atoms with E-state index < -0.39 is 0 Å². The van der Waals surface area contributed by atoms with Gasteiger partial charge in [-0.15, -0.1) is 0 Å². The standard InChI is InChI=1S/C13H14ClN5O/c14-10-11(17-18-12(10)15)13(20)19(9-1-2-9)7-8-3-5-16-6-4-8/h3-6,9H,1-2,7H2,(H3,15,17,18). The van der Waals surface area contributed by atoms with E-state index in [1.165, 1.54) is 0 Å². The minimum absolute atomic E-state index is 0.148. The number of anilines is 1. The largest absolute Gasteiger partial charge is 0.381 e. The van der Waals surface area contributed by atoms with E-state index in [0.29, 0.717) is 6.54 Å². The lowest BCUT2D eigenvalue weighted by Crippen LogP contribution is -2.33. The first kappa shape index (κ1) is 12.9. The zero-order valence-electron chi connectivity index (χ0n) is 10.7. The molecule has 1 saturated carbocycles. The van der Waals surface area contributed by atoms with Gasteiger partial charge in [0.25, 0.3) is 5.91 Å². The topological polar surface area (TPSA) is 87.9 Å². The number of aromatic amines is 1. The van der Waals surface area contributed by atoms with Gasteiger partial charge >= 0.3 is 0 Å². The molecule has 2 aromatic rings. The normalized spacial score (nSPS) is 14.2. The number of amides is 1. The van der Waals surface area contributed by atoms with Crippen LogP contribution in [0.25, 0.3) is 0 Å². The SMILES string of the molecule is Nc1n[nH]c(C(=O)N(Cc2ccncc2)C2CC2)c1Cl. The summed E-state index contributed by atoms with van der Waals surface area (Å²) in [7, 11) is 0. The molecule has 0 unspecified atom stereocenters. The highest BCUT2D eigenvalue weighted by molar-refractivity contribution is 6.35. The first-order valence-corrected chi connectivity index (χ1v) is 6.74. The fourth-order valence-electron chi connectivity index (χ4n) is 2.07. The van der Waals surface area contributed by atoms with E-state index in [0.717, 1.165) is 18.4 Å². The molecule has 0 radical (unpaired) electrons. The average molecular weight is 292 g/mol. The predicted octanol–water partition coefficient (Wildman–Crippen LogP) is 1.85. The van der Waals surface area contributed by atoms with Crippen LogP contribution in [0.4, 0.5) is 5.82 Å². The molecule has 1 aliphatic carbocycles. The quantitative estimate of drug-likeness (QED) is 0.900. The van der Waals surface area contributed by atoms with Gasteiger partial charge in [0.1, 0.15) is 10.7 Å². The van der Waals surface area contributed by atoms with Crippen molar-refractivity contribution >= 4 is 23.3 Å². The molecular weight excluding hydrogens is 278 g/mol. The summed E-state index contributed by atoms with van der Waals surface area (Å²) in [6.07, 6.45) is 5.45. The maximum absolute atomic E-state index is 12.6. The number of nitrogens with zero attached hydrogens (tertiary/aromatic N) is 3. The lowest BCUT2D eigenvalue weighted by molar-refractivity contribution is 0.0724. The zero-order valence-corrected chi connectivity index (χ0v) is 11.5. The van der Waals surface area contributed by atoms with Crippen LogP contribution in [0.5, 0.6) is 0 Å². The molecule has 3 N–H and O–H groups in total. The number of hydrogen-bond acceptors (Lipinski definition) is 4. The van der Waals surface area contributed by atoms with Crippen molar-refractivity contribution in [3.63, 3.8) is 0 Å². The number of halogens is 1. The Morgan fingerprint density at radius 1 is 1.45 bits per heavy atom. The van der Waals surface area contributed by atoms with Gasteiger partial charge in [-0.05, 0) is 30.5 Å². The summed E-state index contributed by atoms with van der Waals surface area (Å²) in [5, 5.41) is 6.57. The summed E-state index contributed by atoms with van der Waals surface area (Å²) in [5.74, 6) is -0.0202. The summed E-state index contributed by atoms with van der Waals surface area (Å²) in [5.41, 5.74) is 6.86. The molecule has 20 heavy (non-hydrogen) atoms. The van der Waals surface area contributed by atoms with E-state index in [2.05, 4.69) is 15.2 Å². The number of pyridine rings is 1. The Hall–Kier alpha value is -2.08. The number of nitrogen functional groups attached to an aromatic ring is 1. The van der Waals surface area contributed by atoms with Crippen molar-refractivity contribution in [2.45, 2.75) is 25.4 Å². The summed E-state index contributed by atoms with van der Waals surface area (Å²) in [6, 6.07) is 4.05. The highest BCUT2D eigenvalue weighted by atomic mass is 35.5. The molecule has 0 aliphatic heterocycles. The Kier molecular flexibility index (Phi) is 3.31. The number of carbonyl (C=O) groups excluding carboxylic acids is 1. The number of hydrogen-bond donors (Lipinski definition) is 2. The Morgan fingerprint density at radius 3 is 2.70 bits per heavy atom. The van der Waals surface area contributed by atoms with Crippen molar-refractivity contribution in [2.75, 3.05) is 5.73 Å². The zero-order chi connectivity index (χ0) is 14.1. The van der Waals surface area contributed by atoms with Gasteiger partial charge in [0.2, 0.25) is 0 Å². The first-order chi connectivity index (χ1) is 9.66. The molecule has 2 aromatic heterocycles. The second-order valence-electron chi connectivity index (χ2n) is 4.82. The van der Waals surface area contributed by atoms with Crippen LogP contribution in [0.3, 0.4) is 0 Å². The van der Waals surface area contributed by atoms with Crippen LogP contribution in [0.1, 0.15) is 28.9 Å². The third kappa shape index (κ3) is 2.46. The molecule has 0 atom stereocenters. The number of nitrogens with two attached hydrogens (primary N) is 1. The van der Waals surface area contributed by atoms with E-state index >= 15 is 0 Å². The molecule has 7 heteroatoms. The van der Waals surface area contributed by atoms with E-state index in [-0.39, 0.29) is 28.5 Å². The molecular formula is C13H14ClN5O. The van der Waals surface area contributed by atoms with Crippen molar-refractivity contribution in [3.05, 3.63) is 40.8 Å². The molecule has 0 bridgehead atoms. The van der Waals surface area contributed by atoms with Gasteiger partial charge in [0.05, 0.1) is 0 Å². The molecule has 104 valence electrons. The van der Waals surface area contributed by atoms with Gasteiger partial charge in [0, 0.05) is 25.0 Å². The van der Waals surface area contributed by atoms with Crippen molar-refractivity contribution < 1.29 is 4.79 Å². The molecule has 0 saturated heterocycles. The van der Waals surface area contributed by atoms with Gasteiger partial charge in [0.15, 0.2) is 5.82 Å². The highest BCUT2D eigenvalue weighted by Crippen LogP contribution is 2.31. The maximum atomic E-state index is 12.6. The lowest BCUT2D eigenvalue weighted by atomic mass is 10.2. The Morgan fingerprint density at radius 2 is 2.15 bits per heavy atom. The van der Waals surface area contributed by atoms with Crippen LogP contribution >= 0.6 is 11.6 Å². The molecule has 1 aliphatic rings. The van der Waals surface area contributed by atoms with Crippen LogP contribution < -0.4 is 5.73 Å². The Labute approximate surface area is 120 Å². The van der Waals surface area contributed by atoms with Gasteiger partial charge in [-0.1, -0.05) is 11.6 Å². The summed E-state index contributed by atoms with van der Waals surface area (Å²) in [4.78, 5) is 18.3. The van der Waals surface area contributed by atoms with Gasteiger partial charge in [-0.3, -0.25) is 14.9 Å². The minimum Gasteiger partial charge on any atom is -0.381 e. The van der Waals surface area contributed by atoms with Crippen LogP contribution in [-0.4, -0.2) is 32.0 Å². The monoisotopic (exact) mass is 291 g/mol. The molecule has 1 fully saturated rings. The summed E-state index contributed by atoms with van der Waals surface area (Å²) >= 11 is 6.00. The number of carbonyl (C=O) groups is 1. The maximum Gasteiger partial charge on any atom is 0.274 e. The lowest BCUT2D eigenvalue weighted by Gasteiger charge is -2.21. The fraction of sp³-hybridized carbons (Fsp3) is 0.308. The van der Waals surface area contributed by atoms with Crippen molar-refractivity contribution in [1.82, 2.24) is 20.1 Å². The van der Waals surface area contributed by atoms with Gasteiger partial charge in [-0.2, -0.15) is 5.10 Å². The predicted molar refractivity (Wildman–Crippen MR) is 75.1 cm³/mol. The van der Waals surface area contributed by atoms with Gasteiger partial charge < -0.3 is 10.6 Å². The van der Waals surface area contributed by atoms with Crippen LogP contribution in [0, 0.1) is 0 Å². The second kappa shape index (κ2) is 5.13. The molecule has 2 heterocycles. The number of aromatic nitrogens is 3.